The van der Waals surface area contributed by atoms with Gasteiger partial charge in [0.1, 0.15) is 5.60 Å². The number of amides is 1. The number of aryl methyl sites for hydroxylation is 4. The van der Waals surface area contributed by atoms with E-state index >= 15 is 0 Å². The quantitative estimate of drug-likeness (QED) is 0.368. The Hall–Kier alpha value is -3.97. The number of aliphatic hydroxyl groups is 1. The molecule has 0 unspecified atom stereocenters. The smallest absolute Gasteiger partial charge is 0.332 e. The third-order valence-electron chi connectivity index (χ3n) is 9.45. The van der Waals surface area contributed by atoms with E-state index in [4.69, 9.17) is 4.74 Å². The van der Waals surface area contributed by atoms with Crippen molar-refractivity contribution in [2.75, 3.05) is 19.7 Å². The van der Waals surface area contributed by atoms with Crippen LogP contribution >= 0.6 is 0 Å². The highest BCUT2D eigenvalue weighted by Crippen LogP contribution is 2.44. The van der Waals surface area contributed by atoms with Crippen LogP contribution in [0.15, 0.2) is 38.9 Å². The SMILES string of the molecule is Cn1c(=O)c2c(ncn2[C@H]2CC3(CCN(C(=O)CCc4ccc5c(c4)n(C)c(=O)n5C)CC3)OC[C@]2(C)O)n(C)c1=O. The fraction of sp³-hybridized carbons (Fsp3) is 0.552. The Kier molecular flexibility index (Phi) is 6.57. The van der Waals surface area contributed by atoms with Crippen molar-refractivity contribution in [1.82, 2.24) is 32.7 Å². The van der Waals surface area contributed by atoms with Crippen molar-refractivity contribution in [3.05, 3.63) is 61.4 Å². The predicted octanol–water partition coefficient (Wildman–Crippen LogP) is 0.331. The molecular formula is C29H37N7O6. The van der Waals surface area contributed by atoms with E-state index in [0.29, 0.717) is 45.2 Å². The molecule has 224 valence electrons. The number of hydrogen-bond acceptors (Lipinski definition) is 7. The van der Waals surface area contributed by atoms with Gasteiger partial charge in [-0.05, 0) is 43.9 Å². The Morgan fingerprint density at radius 2 is 1.67 bits per heavy atom. The van der Waals surface area contributed by atoms with Crippen molar-refractivity contribution < 1.29 is 14.6 Å². The molecule has 13 nitrogen and oxygen atoms in total. The van der Waals surface area contributed by atoms with Gasteiger partial charge in [0, 0.05) is 54.1 Å². The second-order valence-electron chi connectivity index (χ2n) is 12.2. The number of nitrogens with zero attached hydrogens (tertiary/aromatic N) is 7. The fourth-order valence-electron chi connectivity index (χ4n) is 6.65. The maximum Gasteiger partial charge on any atom is 0.332 e. The van der Waals surface area contributed by atoms with E-state index in [1.54, 1.807) is 41.8 Å². The standard InChI is InChI=1S/C29H37N7O6/c1-28(41)16-42-29(15-21(28)36-17-30-24-23(36)25(38)34(5)27(40)33(24)4)10-12-35(13-11-29)22(37)9-7-18-6-8-19-20(14-18)32(3)26(39)31(19)2/h6,8,14,17,21,41H,7,9-13,15-16H2,1-5H3/t21-,28-/m0/s1. The van der Waals surface area contributed by atoms with Gasteiger partial charge in [0.05, 0.1) is 35.6 Å². The minimum atomic E-state index is -1.27. The number of carbonyl (C=O) groups is 1. The average Bonchev–Trinajstić information content (AvgIpc) is 3.51. The van der Waals surface area contributed by atoms with Crippen LogP contribution in [-0.2, 0) is 44.1 Å². The molecule has 2 atom stereocenters. The summed E-state index contributed by atoms with van der Waals surface area (Å²) in [5.74, 6) is 0.0660. The summed E-state index contributed by atoms with van der Waals surface area (Å²) in [6.07, 6.45) is 4.11. The van der Waals surface area contributed by atoms with Crippen LogP contribution in [0.4, 0.5) is 0 Å². The summed E-state index contributed by atoms with van der Waals surface area (Å²) in [7, 11) is 6.50. The first-order valence-electron chi connectivity index (χ1n) is 14.2. The third-order valence-corrected chi connectivity index (χ3v) is 9.45. The molecule has 1 N–H and O–H groups in total. The Labute approximate surface area is 241 Å². The number of rotatable bonds is 4. The molecule has 6 rings (SSSR count). The first-order valence-corrected chi connectivity index (χ1v) is 14.2. The van der Waals surface area contributed by atoms with Crippen LogP contribution in [0, 0.1) is 0 Å². The molecule has 2 aliphatic rings. The van der Waals surface area contributed by atoms with Gasteiger partial charge >= 0.3 is 11.4 Å². The molecule has 13 heteroatoms. The summed E-state index contributed by atoms with van der Waals surface area (Å²) >= 11 is 0. The van der Waals surface area contributed by atoms with Gasteiger partial charge in [0.2, 0.25) is 5.91 Å². The Morgan fingerprint density at radius 1 is 1.00 bits per heavy atom. The highest BCUT2D eigenvalue weighted by Gasteiger charge is 2.50. The molecule has 5 heterocycles. The van der Waals surface area contributed by atoms with Gasteiger partial charge in [-0.3, -0.25) is 27.9 Å². The van der Waals surface area contributed by atoms with Crippen LogP contribution in [0.2, 0.25) is 0 Å². The van der Waals surface area contributed by atoms with Crippen molar-refractivity contribution in [3.63, 3.8) is 0 Å². The number of imidazole rings is 2. The van der Waals surface area contributed by atoms with Crippen molar-refractivity contribution in [2.24, 2.45) is 28.2 Å². The van der Waals surface area contributed by atoms with Crippen LogP contribution in [0.3, 0.4) is 0 Å². The molecule has 1 aromatic carbocycles. The van der Waals surface area contributed by atoms with Gasteiger partial charge in [-0.25, -0.2) is 14.6 Å². The molecule has 1 spiro atoms. The van der Waals surface area contributed by atoms with E-state index in [1.807, 2.05) is 23.1 Å². The molecular weight excluding hydrogens is 542 g/mol. The lowest BCUT2D eigenvalue weighted by atomic mass is 9.77. The van der Waals surface area contributed by atoms with E-state index in [-0.39, 0.29) is 29.4 Å². The Balaban J connectivity index is 1.16. The number of piperidine rings is 1. The van der Waals surface area contributed by atoms with Crippen LogP contribution in [0.25, 0.3) is 22.2 Å². The number of aromatic nitrogens is 6. The second-order valence-corrected chi connectivity index (χ2v) is 12.2. The van der Waals surface area contributed by atoms with Crippen molar-refractivity contribution >= 4 is 28.1 Å². The van der Waals surface area contributed by atoms with Crippen LogP contribution in [-0.4, -0.2) is 74.6 Å². The normalized spacial score (nSPS) is 22.4. The molecule has 4 aromatic rings. The van der Waals surface area contributed by atoms with Gasteiger partial charge in [0.15, 0.2) is 11.2 Å². The summed E-state index contributed by atoms with van der Waals surface area (Å²) in [5, 5.41) is 11.3. The lowest BCUT2D eigenvalue weighted by Crippen LogP contribution is -2.57. The van der Waals surface area contributed by atoms with Crippen LogP contribution in [0.1, 0.15) is 44.2 Å². The molecule has 0 radical (unpaired) electrons. The number of hydrogen-bond donors (Lipinski definition) is 1. The lowest BCUT2D eigenvalue weighted by molar-refractivity contribution is -0.201. The molecule has 0 saturated carbocycles. The molecule has 3 aromatic heterocycles. The van der Waals surface area contributed by atoms with Gasteiger partial charge < -0.3 is 19.3 Å². The van der Waals surface area contributed by atoms with Crippen LogP contribution < -0.4 is 16.9 Å². The third kappa shape index (κ3) is 4.33. The average molecular weight is 580 g/mol. The van der Waals surface area contributed by atoms with Crippen molar-refractivity contribution in [2.45, 2.75) is 56.3 Å². The molecule has 2 saturated heterocycles. The largest absolute Gasteiger partial charge is 0.386 e. The van der Waals surface area contributed by atoms with Gasteiger partial charge in [0.25, 0.3) is 5.56 Å². The summed E-state index contributed by atoms with van der Waals surface area (Å²) in [4.78, 5) is 57.1. The van der Waals surface area contributed by atoms with Gasteiger partial charge in [-0.2, -0.15) is 0 Å². The van der Waals surface area contributed by atoms with E-state index in [0.717, 1.165) is 21.2 Å². The van der Waals surface area contributed by atoms with E-state index < -0.39 is 28.5 Å². The number of fused-ring (bicyclic) bond motifs is 2. The number of carbonyl (C=O) groups excluding carboxylic acids is 1. The van der Waals surface area contributed by atoms with Crippen LogP contribution in [0.5, 0.6) is 0 Å². The van der Waals surface area contributed by atoms with Crippen molar-refractivity contribution in [3.8, 4) is 0 Å². The zero-order valence-electron chi connectivity index (χ0n) is 24.7. The Morgan fingerprint density at radius 3 is 2.38 bits per heavy atom. The number of likely N-dealkylation sites (tertiary alicyclic amines) is 1. The predicted molar refractivity (Wildman–Crippen MR) is 155 cm³/mol. The zero-order valence-corrected chi connectivity index (χ0v) is 24.7. The van der Waals surface area contributed by atoms with Gasteiger partial charge in [-0.1, -0.05) is 6.07 Å². The molecule has 42 heavy (non-hydrogen) atoms. The highest BCUT2D eigenvalue weighted by atomic mass is 16.5. The van der Waals surface area contributed by atoms with Crippen molar-refractivity contribution in [1.29, 1.82) is 0 Å². The fourth-order valence-corrected chi connectivity index (χ4v) is 6.65. The molecule has 2 aliphatic heterocycles. The minimum absolute atomic E-state index is 0.0660. The van der Waals surface area contributed by atoms with E-state index in [2.05, 4.69) is 4.98 Å². The first-order chi connectivity index (χ1) is 19.8. The van der Waals surface area contributed by atoms with Gasteiger partial charge in [-0.15, -0.1) is 0 Å². The van der Waals surface area contributed by atoms with E-state index in [9.17, 15) is 24.3 Å². The molecule has 0 aliphatic carbocycles. The maximum atomic E-state index is 13.2. The topological polar surface area (TPSA) is 139 Å². The summed E-state index contributed by atoms with van der Waals surface area (Å²) in [6.45, 7) is 2.82. The highest BCUT2D eigenvalue weighted by molar-refractivity contribution is 5.78. The number of ether oxygens (including phenoxy) is 1. The van der Waals surface area contributed by atoms with E-state index in [1.165, 1.54) is 17.9 Å². The Bertz CT molecular complexity index is 1900. The zero-order chi connectivity index (χ0) is 30.1. The maximum absolute atomic E-state index is 13.2. The number of benzene rings is 1. The minimum Gasteiger partial charge on any atom is -0.386 e. The molecule has 1 amide bonds. The lowest BCUT2D eigenvalue weighted by Gasteiger charge is -2.51. The monoisotopic (exact) mass is 579 g/mol. The summed E-state index contributed by atoms with van der Waals surface area (Å²) in [6, 6.07) is 5.36. The first kappa shape index (κ1) is 28.2. The summed E-state index contributed by atoms with van der Waals surface area (Å²) in [5.41, 5.74) is 0.411. The second kappa shape index (κ2) is 9.80. The molecule has 0 bridgehead atoms. The molecule has 2 fully saturated rings. The summed E-state index contributed by atoms with van der Waals surface area (Å²) < 4.78 is 13.6.